The lowest BCUT2D eigenvalue weighted by molar-refractivity contribution is -0.0615. The lowest BCUT2D eigenvalue weighted by Crippen LogP contribution is -2.54. The van der Waals surface area contributed by atoms with Gasteiger partial charge in [-0.2, -0.15) is 0 Å². The Morgan fingerprint density at radius 3 is 2.50 bits per heavy atom. The molecule has 6 rings (SSSR count). The number of halogens is 2. The highest BCUT2D eigenvalue weighted by Gasteiger charge is 2.51. The number of hydrogen-bond acceptors (Lipinski definition) is 4. The molecule has 1 saturated heterocycles. The van der Waals surface area contributed by atoms with Crippen LogP contribution in [0.3, 0.4) is 0 Å². The van der Waals surface area contributed by atoms with E-state index in [-0.39, 0.29) is 36.7 Å². The predicted molar refractivity (Wildman–Crippen MR) is 147 cm³/mol. The van der Waals surface area contributed by atoms with Gasteiger partial charge < -0.3 is 30.7 Å². The van der Waals surface area contributed by atoms with Gasteiger partial charge in [-0.25, -0.2) is 18.4 Å². The molecule has 1 aromatic rings. The van der Waals surface area contributed by atoms with Crippen LogP contribution in [0, 0.1) is 40.7 Å². The molecule has 0 spiro atoms. The van der Waals surface area contributed by atoms with Gasteiger partial charge in [-0.1, -0.05) is 0 Å². The number of rotatable bonds is 11. The monoisotopic (exact) mass is 562 g/mol. The van der Waals surface area contributed by atoms with Crippen LogP contribution in [0.1, 0.15) is 69.5 Å². The van der Waals surface area contributed by atoms with Gasteiger partial charge in [-0.15, -0.1) is 0 Å². The van der Waals surface area contributed by atoms with Gasteiger partial charge in [0.05, 0.1) is 12.7 Å². The summed E-state index contributed by atoms with van der Waals surface area (Å²) in [4.78, 5) is 26.2. The summed E-state index contributed by atoms with van der Waals surface area (Å²) in [5.41, 5.74) is 0.434. The van der Waals surface area contributed by atoms with E-state index in [1.54, 1.807) is 4.90 Å². The van der Waals surface area contributed by atoms with Crippen molar-refractivity contribution < 1.29 is 28.2 Å². The molecule has 40 heavy (non-hydrogen) atoms. The van der Waals surface area contributed by atoms with Crippen molar-refractivity contribution in [2.24, 2.45) is 29.1 Å². The molecule has 1 aliphatic heterocycles. The van der Waals surface area contributed by atoms with Gasteiger partial charge in [0.2, 0.25) is 0 Å². The number of benzene rings is 1. The maximum absolute atomic E-state index is 14.8. The molecular weight excluding hydrogens is 518 g/mol. The Labute approximate surface area is 235 Å². The quantitative estimate of drug-likeness (QED) is 0.287. The van der Waals surface area contributed by atoms with Crippen LogP contribution in [0.5, 0.6) is 0 Å². The summed E-state index contributed by atoms with van der Waals surface area (Å²) in [5.74, 6) is 1.15. The lowest BCUT2D eigenvalue weighted by Gasteiger charge is -2.57. The molecule has 10 heteroatoms. The van der Waals surface area contributed by atoms with Crippen molar-refractivity contribution in [2.45, 2.75) is 69.9 Å². The van der Waals surface area contributed by atoms with Crippen LogP contribution in [0.25, 0.3) is 0 Å². The maximum Gasteiger partial charge on any atom is 0.404 e. The molecule has 0 aromatic heterocycles. The zero-order valence-corrected chi connectivity index (χ0v) is 23.5. The molecule has 5 fully saturated rings. The standard InChI is InChI=1S/C30H44F2N4O4/c1-33-17-24(16-30-13-19-9-20(14-30)11-21(10-19)15-30)35-28(37)36-7-2-3-22(18-36)27(40-8-6-34-29(38)39)25-12-23(31)4-5-26(25)32/h4-5,12,19-22,24,27,33-34H,2-3,6-11,13-18H2,1H3,(H,35,37)(H,38,39)/t19?,20?,21?,22-,24+,27-,30?/m1/s1. The molecule has 8 nitrogen and oxygen atoms in total. The summed E-state index contributed by atoms with van der Waals surface area (Å²) in [6, 6.07) is 3.19. The third-order valence-electron chi connectivity index (χ3n) is 9.74. The maximum atomic E-state index is 14.8. The number of hydrogen-bond donors (Lipinski definition) is 4. The highest BCUT2D eigenvalue weighted by atomic mass is 19.1. The number of likely N-dealkylation sites (N-methyl/N-ethyl adjacent to an activating group) is 1. The zero-order valence-electron chi connectivity index (χ0n) is 23.5. The molecule has 3 atom stereocenters. The highest BCUT2D eigenvalue weighted by molar-refractivity contribution is 5.74. The summed E-state index contributed by atoms with van der Waals surface area (Å²) in [6.45, 7) is 1.68. The predicted octanol–water partition coefficient (Wildman–Crippen LogP) is 4.91. The van der Waals surface area contributed by atoms with Crippen LogP contribution >= 0.6 is 0 Å². The number of nitrogens with one attached hydrogen (secondary N) is 3. The van der Waals surface area contributed by atoms with E-state index in [1.165, 1.54) is 38.5 Å². The van der Waals surface area contributed by atoms with Gasteiger partial charge in [0.25, 0.3) is 0 Å². The topological polar surface area (TPSA) is 103 Å². The van der Waals surface area contributed by atoms with E-state index in [4.69, 9.17) is 9.84 Å². The van der Waals surface area contributed by atoms with Crippen LogP contribution in [0.4, 0.5) is 18.4 Å². The Kier molecular flexibility index (Phi) is 9.14. The molecule has 1 heterocycles. The van der Waals surface area contributed by atoms with Crippen molar-refractivity contribution in [3.8, 4) is 0 Å². The number of urea groups is 1. The van der Waals surface area contributed by atoms with E-state index in [1.807, 2.05) is 7.05 Å². The van der Waals surface area contributed by atoms with E-state index in [9.17, 15) is 18.4 Å². The first-order chi connectivity index (χ1) is 19.2. The van der Waals surface area contributed by atoms with Crippen LogP contribution in [0.15, 0.2) is 18.2 Å². The Hall–Kier alpha value is -2.46. The second-order valence-corrected chi connectivity index (χ2v) is 12.9. The van der Waals surface area contributed by atoms with E-state index in [2.05, 4.69) is 16.0 Å². The Morgan fingerprint density at radius 1 is 1.15 bits per heavy atom. The number of likely N-dealkylation sites (tertiary alicyclic amines) is 1. The first-order valence-electron chi connectivity index (χ1n) is 15.0. The number of amides is 3. The summed E-state index contributed by atoms with van der Waals surface area (Å²) in [7, 11) is 1.92. The van der Waals surface area contributed by atoms with Crippen molar-refractivity contribution in [3.63, 3.8) is 0 Å². The molecule has 1 aromatic carbocycles. The first-order valence-corrected chi connectivity index (χ1v) is 15.0. The van der Waals surface area contributed by atoms with Crippen molar-refractivity contribution >= 4 is 12.1 Å². The molecule has 0 unspecified atom stereocenters. The minimum Gasteiger partial charge on any atom is -0.465 e. The second-order valence-electron chi connectivity index (χ2n) is 12.9. The van der Waals surface area contributed by atoms with Crippen molar-refractivity contribution in [3.05, 3.63) is 35.4 Å². The first kappa shape index (κ1) is 29.0. The van der Waals surface area contributed by atoms with Crippen molar-refractivity contribution in [1.29, 1.82) is 0 Å². The van der Waals surface area contributed by atoms with E-state index in [0.717, 1.165) is 42.4 Å². The van der Waals surface area contributed by atoms with Crippen LogP contribution in [-0.4, -0.2) is 68.0 Å². The second kappa shape index (κ2) is 12.6. The fraction of sp³-hybridized carbons (Fsp3) is 0.733. The molecule has 4 N–H and O–H groups in total. The van der Waals surface area contributed by atoms with Crippen LogP contribution < -0.4 is 16.0 Å². The molecule has 5 aliphatic rings. The molecule has 0 radical (unpaired) electrons. The smallest absolute Gasteiger partial charge is 0.404 e. The average Bonchev–Trinajstić information content (AvgIpc) is 2.89. The molecule has 3 amide bonds. The summed E-state index contributed by atoms with van der Waals surface area (Å²) < 4.78 is 34.9. The van der Waals surface area contributed by atoms with Gasteiger partial charge >= 0.3 is 12.1 Å². The Bertz CT molecular complexity index is 1020. The number of nitrogens with zero attached hydrogens (tertiary/aromatic N) is 1. The fourth-order valence-corrected chi connectivity index (χ4v) is 8.75. The molecular formula is C30H44F2N4O4. The van der Waals surface area contributed by atoms with E-state index in [0.29, 0.717) is 37.9 Å². The SMILES string of the molecule is CNC[C@H](CC12CC3CC(CC(C3)C1)C2)NC(=O)N1CCC[C@@H]([C@@H](OCCNC(=O)O)c2cc(F)ccc2F)C1. The van der Waals surface area contributed by atoms with Gasteiger partial charge in [-0.3, -0.25) is 0 Å². The van der Waals surface area contributed by atoms with E-state index >= 15 is 0 Å². The Balaban J connectivity index is 1.24. The lowest BCUT2D eigenvalue weighted by atomic mass is 9.48. The number of carboxylic acid groups (broad SMARTS) is 1. The summed E-state index contributed by atoms with van der Waals surface area (Å²) in [5, 5.41) is 17.7. The minimum absolute atomic E-state index is 0.00489. The van der Waals surface area contributed by atoms with Crippen molar-refractivity contribution in [2.75, 3.05) is 39.8 Å². The number of ether oxygens (including phenoxy) is 1. The molecule has 4 saturated carbocycles. The average molecular weight is 563 g/mol. The number of carbonyl (C=O) groups excluding carboxylic acids is 1. The summed E-state index contributed by atoms with van der Waals surface area (Å²) in [6.07, 6.45) is 8.44. The molecule has 4 bridgehead atoms. The molecule has 222 valence electrons. The normalized spacial score (nSPS) is 30.6. The van der Waals surface area contributed by atoms with E-state index < -0.39 is 23.8 Å². The zero-order chi connectivity index (χ0) is 28.3. The third-order valence-corrected chi connectivity index (χ3v) is 9.74. The largest absolute Gasteiger partial charge is 0.465 e. The minimum atomic E-state index is -1.18. The number of carbonyl (C=O) groups is 2. The van der Waals surface area contributed by atoms with Crippen LogP contribution in [0.2, 0.25) is 0 Å². The van der Waals surface area contributed by atoms with Gasteiger partial charge in [0.15, 0.2) is 0 Å². The Morgan fingerprint density at radius 2 is 1.85 bits per heavy atom. The third kappa shape index (κ3) is 6.87. The van der Waals surface area contributed by atoms with Crippen LogP contribution in [-0.2, 0) is 4.74 Å². The summed E-state index contributed by atoms with van der Waals surface area (Å²) >= 11 is 0. The van der Waals surface area contributed by atoms with Crippen molar-refractivity contribution in [1.82, 2.24) is 20.9 Å². The fourth-order valence-electron chi connectivity index (χ4n) is 8.75. The van der Waals surface area contributed by atoms with Gasteiger partial charge in [0, 0.05) is 43.7 Å². The van der Waals surface area contributed by atoms with Gasteiger partial charge in [0.1, 0.15) is 11.6 Å². The molecule has 4 aliphatic carbocycles. The van der Waals surface area contributed by atoms with Gasteiger partial charge in [-0.05, 0) is 106 Å². The number of piperidine rings is 1. The highest BCUT2D eigenvalue weighted by Crippen LogP contribution is 2.61.